The van der Waals surface area contributed by atoms with Crippen molar-refractivity contribution in [1.82, 2.24) is 10.1 Å². The first-order valence-electron chi connectivity index (χ1n) is 6.39. The van der Waals surface area contributed by atoms with E-state index in [4.69, 9.17) is 10.3 Å². The molecule has 102 valence electrons. The largest absolute Gasteiger partial charge is 0.339 e. The van der Waals surface area contributed by atoms with E-state index in [1.807, 2.05) is 23.5 Å². The standard InChI is InChI=1S/C12H21N3OS2/c1-7(5-13)4-11-14-12(15-16-11)10-6-17-8(2)9(3)18-10/h7-10H,4-6,13H2,1-3H3. The minimum absolute atomic E-state index is 0.367. The molecule has 4 unspecified atom stereocenters. The van der Waals surface area contributed by atoms with Crippen molar-refractivity contribution in [2.45, 2.75) is 42.9 Å². The maximum atomic E-state index is 5.61. The third kappa shape index (κ3) is 3.42. The number of nitrogens with zero attached hydrogens (tertiary/aromatic N) is 2. The van der Waals surface area contributed by atoms with E-state index in [2.05, 4.69) is 30.9 Å². The van der Waals surface area contributed by atoms with Crippen LogP contribution in [0.1, 0.15) is 37.7 Å². The predicted molar refractivity (Wildman–Crippen MR) is 77.9 cm³/mol. The highest BCUT2D eigenvalue weighted by atomic mass is 32.2. The zero-order valence-corrected chi connectivity index (χ0v) is 12.8. The summed E-state index contributed by atoms with van der Waals surface area (Å²) in [6, 6.07) is 0. The molecule has 2 N–H and O–H groups in total. The third-order valence-corrected chi connectivity index (χ3v) is 6.63. The molecular weight excluding hydrogens is 266 g/mol. The average molecular weight is 287 g/mol. The Morgan fingerprint density at radius 3 is 2.89 bits per heavy atom. The first kappa shape index (κ1) is 14.2. The fourth-order valence-corrected chi connectivity index (χ4v) is 4.62. The van der Waals surface area contributed by atoms with Gasteiger partial charge in [0.2, 0.25) is 5.89 Å². The van der Waals surface area contributed by atoms with Crippen molar-refractivity contribution in [3.8, 4) is 0 Å². The fourth-order valence-electron chi connectivity index (χ4n) is 1.78. The van der Waals surface area contributed by atoms with E-state index >= 15 is 0 Å². The van der Waals surface area contributed by atoms with Crippen molar-refractivity contribution in [3.63, 3.8) is 0 Å². The highest BCUT2D eigenvalue weighted by molar-refractivity contribution is 8.07. The van der Waals surface area contributed by atoms with E-state index in [9.17, 15) is 0 Å². The first-order chi connectivity index (χ1) is 8.60. The monoisotopic (exact) mass is 287 g/mol. The van der Waals surface area contributed by atoms with Crippen LogP contribution < -0.4 is 5.73 Å². The zero-order chi connectivity index (χ0) is 13.1. The normalized spacial score (nSPS) is 30.3. The van der Waals surface area contributed by atoms with Gasteiger partial charge in [-0.05, 0) is 12.5 Å². The molecule has 2 rings (SSSR count). The van der Waals surface area contributed by atoms with E-state index in [1.54, 1.807) is 0 Å². The highest BCUT2D eigenvalue weighted by Crippen LogP contribution is 2.43. The molecule has 1 saturated heterocycles. The van der Waals surface area contributed by atoms with Gasteiger partial charge in [-0.15, -0.1) is 11.8 Å². The maximum Gasteiger partial charge on any atom is 0.226 e. The lowest BCUT2D eigenvalue weighted by atomic mass is 10.1. The lowest BCUT2D eigenvalue weighted by Gasteiger charge is -2.29. The van der Waals surface area contributed by atoms with Gasteiger partial charge in [-0.3, -0.25) is 0 Å². The summed E-state index contributed by atoms with van der Waals surface area (Å²) in [7, 11) is 0. The van der Waals surface area contributed by atoms with Crippen molar-refractivity contribution < 1.29 is 4.52 Å². The summed E-state index contributed by atoms with van der Waals surface area (Å²) in [6.45, 7) is 7.30. The molecule has 1 aliphatic heterocycles. The Morgan fingerprint density at radius 1 is 1.44 bits per heavy atom. The summed E-state index contributed by atoms with van der Waals surface area (Å²) in [5, 5.41) is 5.83. The Morgan fingerprint density at radius 2 is 2.22 bits per heavy atom. The molecule has 0 bridgehead atoms. The van der Waals surface area contributed by atoms with E-state index in [0.717, 1.165) is 23.9 Å². The van der Waals surface area contributed by atoms with Gasteiger partial charge in [0.05, 0.1) is 5.25 Å². The topological polar surface area (TPSA) is 64.9 Å². The molecule has 0 aliphatic carbocycles. The second-order valence-corrected chi connectivity index (χ2v) is 7.95. The molecule has 0 amide bonds. The van der Waals surface area contributed by atoms with Gasteiger partial charge < -0.3 is 10.3 Å². The van der Waals surface area contributed by atoms with Gasteiger partial charge in [0, 0.05) is 22.7 Å². The molecule has 4 atom stereocenters. The summed E-state index contributed by atoms with van der Waals surface area (Å²) in [6.07, 6.45) is 0.778. The molecule has 0 radical (unpaired) electrons. The summed E-state index contributed by atoms with van der Waals surface area (Å²) in [5.41, 5.74) is 5.61. The van der Waals surface area contributed by atoms with Crippen LogP contribution in [0.2, 0.25) is 0 Å². The van der Waals surface area contributed by atoms with Crippen LogP contribution in [0.3, 0.4) is 0 Å². The van der Waals surface area contributed by atoms with Crippen LogP contribution in [0.4, 0.5) is 0 Å². The Hall–Kier alpha value is -0.200. The molecule has 6 heteroatoms. The predicted octanol–water partition coefficient (Wildman–Crippen LogP) is 2.51. The van der Waals surface area contributed by atoms with Crippen molar-refractivity contribution in [2.24, 2.45) is 11.7 Å². The van der Waals surface area contributed by atoms with Crippen LogP contribution in [-0.4, -0.2) is 32.9 Å². The lowest BCUT2D eigenvalue weighted by Crippen LogP contribution is -2.22. The lowest BCUT2D eigenvalue weighted by molar-refractivity contribution is 0.355. The average Bonchev–Trinajstić information content (AvgIpc) is 2.81. The van der Waals surface area contributed by atoms with Gasteiger partial charge in [-0.2, -0.15) is 16.7 Å². The molecule has 0 aromatic carbocycles. The van der Waals surface area contributed by atoms with Crippen molar-refractivity contribution in [1.29, 1.82) is 0 Å². The molecule has 1 aromatic rings. The second-order valence-electron chi connectivity index (χ2n) is 4.96. The summed E-state index contributed by atoms with van der Waals surface area (Å²) in [5.74, 6) is 3.04. The van der Waals surface area contributed by atoms with Crippen LogP contribution in [0.5, 0.6) is 0 Å². The molecule has 1 fully saturated rings. The molecule has 0 saturated carbocycles. The number of hydrogen-bond donors (Lipinski definition) is 1. The molecule has 1 aliphatic rings. The van der Waals surface area contributed by atoms with Crippen LogP contribution in [0.15, 0.2) is 4.52 Å². The number of aromatic nitrogens is 2. The van der Waals surface area contributed by atoms with Crippen molar-refractivity contribution in [2.75, 3.05) is 12.3 Å². The van der Waals surface area contributed by atoms with E-state index < -0.39 is 0 Å². The minimum atomic E-state index is 0.367. The molecule has 18 heavy (non-hydrogen) atoms. The zero-order valence-electron chi connectivity index (χ0n) is 11.1. The van der Waals surface area contributed by atoms with Crippen LogP contribution in [-0.2, 0) is 6.42 Å². The maximum absolute atomic E-state index is 5.61. The van der Waals surface area contributed by atoms with Gasteiger partial charge in [0.25, 0.3) is 0 Å². The van der Waals surface area contributed by atoms with Gasteiger partial charge in [-0.25, -0.2) is 0 Å². The smallest absolute Gasteiger partial charge is 0.226 e. The Balaban J connectivity index is 1.97. The molecule has 2 heterocycles. The van der Waals surface area contributed by atoms with E-state index in [1.165, 1.54) is 0 Å². The van der Waals surface area contributed by atoms with Gasteiger partial charge in [0.15, 0.2) is 5.82 Å². The number of hydrogen-bond acceptors (Lipinski definition) is 6. The highest BCUT2D eigenvalue weighted by Gasteiger charge is 2.29. The van der Waals surface area contributed by atoms with E-state index in [0.29, 0.717) is 28.2 Å². The summed E-state index contributed by atoms with van der Waals surface area (Å²) in [4.78, 5) is 4.51. The molecule has 0 spiro atoms. The molecule has 1 aromatic heterocycles. The third-order valence-electron chi connectivity index (χ3n) is 3.25. The number of rotatable bonds is 4. The summed E-state index contributed by atoms with van der Waals surface area (Å²) < 4.78 is 5.31. The number of thioether (sulfide) groups is 2. The Kier molecular flexibility index (Phi) is 4.98. The minimum Gasteiger partial charge on any atom is -0.339 e. The molecular formula is C12H21N3OS2. The SMILES string of the molecule is CC(CN)Cc1nc(C2CSC(C)C(C)S2)no1. The summed E-state index contributed by atoms with van der Waals surface area (Å²) >= 11 is 3.95. The van der Waals surface area contributed by atoms with Crippen molar-refractivity contribution in [3.05, 3.63) is 11.7 Å². The second kappa shape index (κ2) is 6.30. The number of nitrogens with two attached hydrogens (primary N) is 1. The Bertz CT molecular complexity index is 385. The van der Waals surface area contributed by atoms with Crippen molar-refractivity contribution >= 4 is 23.5 Å². The van der Waals surface area contributed by atoms with Gasteiger partial charge >= 0.3 is 0 Å². The quantitative estimate of drug-likeness (QED) is 0.918. The van der Waals surface area contributed by atoms with Crippen LogP contribution in [0.25, 0.3) is 0 Å². The molecule has 4 nitrogen and oxygen atoms in total. The van der Waals surface area contributed by atoms with Crippen LogP contribution in [0, 0.1) is 5.92 Å². The van der Waals surface area contributed by atoms with Gasteiger partial charge in [0.1, 0.15) is 0 Å². The van der Waals surface area contributed by atoms with Crippen LogP contribution >= 0.6 is 23.5 Å². The fraction of sp³-hybridized carbons (Fsp3) is 0.833. The Labute approximate surface area is 117 Å². The van der Waals surface area contributed by atoms with Gasteiger partial charge in [-0.1, -0.05) is 25.9 Å². The first-order valence-corrected chi connectivity index (χ1v) is 8.39. The van der Waals surface area contributed by atoms with E-state index in [-0.39, 0.29) is 0 Å².